The van der Waals surface area contributed by atoms with E-state index in [4.69, 9.17) is 10.9 Å². The summed E-state index contributed by atoms with van der Waals surface area (Å²) in [6.45, 7) is 1.95. The third-order valence-electron chi connectivity index (χ3n) is 4.03. The molecule has 26 heavy (non-hydrogen) atoms. The first-order chi connectivity index (χ1) is 12.5. The van der Waals surface area contributed by atoms with Crippen molar-refractivity contribution in [1.29, 1.82) is 0 Å². The van der Waals surface area contributed by atoms with Gasteiger partial charge in [0.05, 0.1) is 6.10 Å². The number of hydroxylamine groups is 1. The summed E-state index contributed by atoms with van der Waals surface area (Å²) >= 11 is 0. The van der Waals surface area contributed by atoms with E-state index in [0.717, 1.165) is 17.5 Å². The second-order valence-electron chi connectivity index (χ2n) is 5.98. The molecule has 0 fully saturated rings. The Bertz CT molecular complexity index is 742. The Kier molecular flexibility index (Phi) is 6.85. The SMILES string of the molecule is C[C@@H](O)[C@H](NC(=O)c1ccc(-c2ccc(CCN)cc2)cc1)C(=O)NO. The maximum absolute atomic E-state index is 12.2. The Morgan fingerprint density at radius 1 is 1.04 bits per heavy atom. The Balaban J connectivity index is 2.10. The lowest BCUT2D eigenvalue weighted by Gasteiger charge is -2.19. The van der Waals surface area contributed by atoms with Gasteiger partial charge in [0.25, 0.3) is 11.8 Å². The molecule has 138 valence electrons. The van der Waals surface area contributed by atoms with E-state index in [9.17, 15) is 14.7 Å². The van der Waals surface area contributed by atoms with Gasteiger partial charge in [-0.3, -0.25) is 14.8 Å². The van der Waals surface area contributed by atoms with Crippen molar-refractivity contribution in [3.63, 3.8) is 0 Å². The van der Waals surface area contributed by atoms with Crippen LogP contribution in [-0.4, -0.2) is 40.8 Å². The Morgan fingerprint density at radius 3 is 2.04 bits per heavy atom. The zero-order valence-corrected chi connectivity index (χ0v) is 14.5. The summed E-state index contributed by atoms with van der Waals surface area (Å²) in [5, 5.41) is 20.6. The first kappa shape index (κ1) is 19.6. The van der Waals surface area contributed by atoms with Gasteiger partial charge in [0.1, 0.15) is 6.04 Å². The predicted octanol–water partition coefficient (Wildman–Crippen LogP) is 0.839. The summed E-state index contributed by atoms with van der Waals surface area (Å²) in [5.41, 5.74) is 10.4. The molecule has 0 saturated carbocycles. The summed E-state index contributed by atoms with van der Waals surface area (Å²) in [5.74, 6) is -1.41. The standard InChI is InChI=1S/C19H23N3O4/c1-12(23)17(19(25)22-26)21-18(24)16-8-6-15(7-9-16)14-4-2-13(3-5-14)10-11-20/h2-9,12,17,23,26H,10-11,20H2,1H3,(H,21,24)(H,22,25)/t12-,17+/m1/s1. The molecule has 0 saturated heterocycles. The minimum absolute atomic E-state index is 0.338. The monoisotopic (exact) mass is 357 g/mol. The summed E-state index contributed by atoms with van der Waals surface area (Å²) in [6.07, 6.45) is -0.331. The van der Waals surface area contributed by atoms with Gasteiger partial charge < -0.3 is 16.2 Å². The van der Waals surface area contributed by atoms with Crippen LogP contribution < -0.4 is 16.5 Å². The number of aliphatic hydroxyl groups is 1. The normalized spacial score (nSPS) is 12.9. The number of nitrogens with two attached hydrogens (primary N) is 1. The largest absolute Gasteiger partial charge is 0.391 e. The van der Waals surface area contributed by atoms with Crippen LogP contribution in [0.2, 0.25) is 0 Å². The molecule has 0 heterocycles. The lowest BCUT2D eigenvalue weighted by Crippen LogP contribution is -2.51. The first-order valence-electron chi connectivity index (χ1n) is 8.28. The van der Waals surface area contributed by atoms with Crippen molar-refractivity contribution < 1.29 is 19.9 Å². The fourth-order valence-electron chi connectivity index (χ4n) is 2.54. The molecule has 0 bridgehead atoms. The van der Waals surface area contributed by atoms with E-state index >= 15 is 0 Å². The molecule has 0 aromatic heterocycles. The van der Waals surface area contributed by atoms with Crippen LogP contribution in [0, 0.1) is 0 Å². The molecule has 0 aliphatic carbocycles. The summed E-state index contributed by atoms with van der Waals surface area (Å²) in [6, 6.07) is 13.6. The quantitative estimate of drug-likeness (QED) is 0.371. The molecule has 2 rings (SSSR count). The fraction of sp³-hybridized carbons (Fsp3) is 0.263. The second-order valence-corrected chi connectivity index (χ2v) is 5.98. The van der Waals surface area contributed by atoms with Crippen LogP contribution in [0.25, 0.3) is 11.1 Å². The van der Waals surface area contributed by atoms with Gasteiger partial charge in [-0.1, -0.05) is 36.4 Å². The van der Waals surface area contributed by atoms with Crippen molar-refractivity contribution >= 4 is 11.8 Å². The number of rotatable bonds is 7. The molecule has 7 heteroatoms. The van der Waals surface area contributed by atoms with E-state index in [1.54, 1.807) is 24.3 Å². The number of nitrogens with one attached hydrogen (secondary N) is 2. The molecular formula is C19H23N3O4. The van der Waals surface area contributed by atoms with Crippen molar-refractivity contribution in [2.45, 2.75) is 25.5 Å². The van der Waals surface area contributed by atoms with Crippen LogP contribution in [0.3, 0.4) is 0 Å². The topological polar surface area (TPSA) is 125 Å². The van der Waals surface area contributed by atoms with Crippen LogP contribution in [-0.2, 0) is 11.2 Å². The zero-order chi connectivity index (χ0) is 19.1. The van der Waals surface area contributed by atoms with Gasteiger partial charge >= 0.3 is 0 Å². The van der Waals surface area contributed by atoms with Gasteiger partial charge in [0.15, 0.2) is 0 Å². The van der Waals surface area contributed by atoms with E-state index < -0.39 is 24.0 Å². The van der Waals surface area contributed by atoms with Gasteiger partial charge in [-0.2, -0.15) is 0 Å². The third kappa shape index (κ3) is 4.89. The maximum atomic E-state index is 12.2. The number of aliphatic hydroxyl groups excluding tert-OH is 1. The van der Waals surface area contributed by atoms with Crippen LogP contribution in [0.15, 0.2) is 48.5 Å². The number of hydrogen-bond donors (Lipinski definition) is 5. The van der Waals surface area contributed by atoms with Crippen LogP contribution in [0.4, 0.5) is 0 Å². The molecule has 2 aromatic carbocycles. The molecule has 6 N–H and O–H groups in total. The minimum atomic E-state index is -1.25. The second kappa shape index (κ2) is 9.10. The fourth-order valence-corrected chi connectivity index (χ4v) is 2.54. The molecule has 2 atom stereocenters. The average Bonchev–Trinajstić information content (AvgIpc) is 2.66. The number of benzene rings is 2. The number of carbonyl (C=O) groups excluding carboxylic acids is 2. The van der Waals surface area contributed by atoms with Crippen molar-refractivity contribution in [3.05, 3.63) is 59.7 Å². The maximum Gasteiger partial charge on any atom is 0.268 e. The highest BCUT2D eigenvalue weighted by Gasteiger charge is 2.25. The van der Waals surface area contributed by atoms with Gasteiger partial charge in [-0.05, 0) is 48.7 Å². The molecule has 0 aliphatic rings. The van der Waals surface area contributed by atoms with E-state index in [0.29, 0.717) is 12.1 Å². The van der Waals surface area contributed by atoms with Crippen molar-refractivity contribution in [1.82, 2.24) is 10.8 Å². The van der Waals surface area contributed by atoms with Gasteiger partial charge in [-0.15, -0.1) is 0 Å². The molecule has 7 nitrogen and oxygen atoms in total. The molecule has 0 aliphatic heterocycles. The summed E-state index contributed by atoms with van der Waals surface area (Å²) in [7, 11) is 0. The van der Waals surface area contributed by atoms with Crippen molar-refractivity contribution in [2.24, 2.45) is 5.73 Å². The molecular weight excluding hydrogens is 334 g/mol. The van der Waals surface area contributed by atoms with Gasteiger partial charge in [0.2, 0.25) is 0 Å². The first-order valence-corrected chi connectivity index (χ1v) is 8.28. The van der Waals surface area contributed by atoms with Crippen molar-refractivity contribution in [2.75, 3.05) is 6.54 Å². The Morgan fingerprint density at radius 2 is 1.58 bits per heavy atom. The number of carbonyl (C=O) groups is 2. The summed E-state index contributed by atoms with van der Waals surface area (Å²) in [4.78, 5) is 23.7. The minimum Gasteiger partial charge on any atom is -0.391 e. The highest BCUT2D eigenvalue weighted by molar-refractivity contribution is 5.97. The van der Waals surface area contributed by atoms with Crippen LogP contribution in [0.5, 0.6) is 0 Å². The summed E-state index contributed by atoms with van der Waals surface area (Å²) < 4.78 is 0. The average molecular weight is 357 g/mol. The molecule has 0 spiro atoms. The van der Waals surface area contributed by atoms with E-state index in [2.05, 4.69) is 5.32 Å². The predicted molar refractivity (Wildman–Crippen MR) is 97.5 cm³/mol. The van der Waals surface area contributed by atoms with E-state index in [1.165, 1.54) is 18.0 Å². The molecule has 0 unspecified atom stereocenters. The van der Waals surface area contributed by atoms with E-state index in [1.807, 2.05) is 24.3 Å². The lowest BCUT2D eigenvalue weighted by molar-refractivity contribution is -0.133. The molecule has 0 radical (unpaired) electrons. The van der Waals surface area contributed by atoms with Crippen LogP contribution >= 0.6 is 0 Å². The number of amides is 2. The Hall–Kier alpha value is -2.74. The molecule has 2 aromatic rings. The molecule has 2 amide bonds. The van der Waals surface area contributed by atoms with Gasteiger partial charge in [0, 0.05) is 5.56 Å². The number of hydrogen-bond acceptors (Lipinski definition) is 5. The van der Waals surface area contributed by atoms with Crippen LogP contribution in [0.1, 0.15) is 22.8 Å². The van der Waals surface area contributed by atoms with Gasteiger partial charge in [-0.25, -0.2) is 5.48 Å². The highest BCUT2D eigenvalue weighted by atomic mass is 16.5. The lowest BCUT2D eigenvalue weighted by atomic mass is 10.0. The third-order valence-corrected chi connectivity index (χ3v) is 4.03. The Labute approximate surface area is 151 Å². The van der Waals surface area contributed by atoms with Crippen molar-refractivity contribution in [3.8, 4) is 11.1 Å². The van der Waals surface area contributed by atoms with E-state index in [-0.39, 0.29) is 0 Å². The zero-order valence-electron chi connectivity index (χ0n) is 14.5. The smallest absolute Gasteiger partial charge is 0.268 e. The highest BCUT2D eigenvalue weighted by Crippen LogP contribution is 2.20.